The predicted molar refractivity (Wildman–Crippen MR) is 36.5 cm³/mol. The summed E-state index contributed by atoms with van der Waals surface area (Å²) in [6.45, 7) is 3.89. The lowest BCUT2D eigenvalue weighted by atomic mass is 10.3. The van der Waals surface area contributed by atoms with Gasteiger partial charge in [-0.2, -0.15) is 0 Å². The molecule has 9 heavy (non-hydrogen) atoms. The van der Waals surface area contributed by atoms with Crippen LogP contribution in [-0.2, 0) is 4.65 Å². The number of hydrogen-bond donors (Lipinski definition) is 3. The highest BCUT2D eigenvalue weighted by atomic mass is 16.6. The van der Waals surface area contributed by atoms with E-state index in [1.54, 1.807) is 0 Å². The van der Waals surface area contributed by atoms with Crippen molar-refractivity contribution in [2.75, 3.05) is 7.11 Å². The fourth-order valence-corrected chi connectivity index (χ4v) is 0. The topological polar surface area (TPSA) is 75.7 Å². The van der Waals surface area contributed by atoms with Crippen molar-refractivity contribution < 1.29 is 14.7 Å². The highest BCUT2D eigenvalue weighted by molar-refractivity contribution is 6.32. The van der Waals surface area contributed by atoms with E-state index < -0.39 is 7.32 Å². The van der Waals surface area contributed by atoms with E-state index in [2.05, 4.69) is 4.65 Å². The largest absolute Gasteiger partial charge is 0.633 e. The van der Waals surface area contributed by atoms with Crippen LogP contribution in [0.25, 0.3) is 0 Å². The third-order valence-corrected chi connectivity index (χ3v) is 0.211. The van der Waals surface area contributed by atoms with Gasteiger partial charge < -0.3 is 20.4 Å². The number of nitrogens with two attached hydrogens (primary N) is 1. The molecule has 0 aromatic carbocycles. The molecule has 0 saturated heterocycles. The maximum Gasteiger partial charge on any atom is 0.633 e. The molecule has 0 fully saturated rings. The van der Waals surface area contributed by atoms with Gasteiger partial charge in [-0.1, -0.05) is 13.8 Å². The van der Waals surface area contributed by atoms with Gasteiger partial charge in [0, 0.05) is 7.11 Å². The Morgan fingerprint density at radius 1 is 1.44 bits per heavy atom. The zero-order chi connectivity index (χ0) is 7.86. The van der Waals surface area contributed by atoms with Gasteiger partial charge in [-0.25, -0.2) is 0 Å². The maximum atomic E-state index is 7.69. The van der Waals surface area contributed by atoms with E-state index >= 15 is 0 Å². The van der Waals surface area contributed by atoms with Gasteiger partial charge in [0.2, 0.25) is 0 Å². The monoisotopic (exact) mass is 135 g/mol. The second-order valence-electron chi connectivity index (χ2n) is 1.81. The molecule has 0 atom stereocenters. The van der Waals surface area contributed by atoms with Gasteiger partial charge >= 0.3 is 7.32 Å². The molecule has 0 aromatic rings. The van der Waals surface area contributed by atoms with Crippen molar-refractivity contribution in [3.8, 4) is 0 Å². The van der Waals surface area contributed by atoms with Gasteiger partial charge in [-0.3, -0.25) is 0 Å². The van der Waals surface area contributed by atoms with Crippen LogP contribution in [0.3, 0.4) is 0 Å². The molecule has 5 heteroatoms. The van der Waals surface area contributed by atoms with E-state index in [0.29, 0.717) is 6.04 Å². The Bertz CT molecular complexity index is 48.3. The van der Waals surface area contributed by atoms with Crippen LogP contribution >= 0.6 is 0 Å². The Hall–Kier alpha value is -0.0951. The van der Waals surface area contributed by atoms with E-state index in [4.69, 9.17) is 15.8 Å². The van der Waals surface area contributed by atoms with Gasteiger partial charge in [-0.05, 0) is 6.04 Å². The lowest BCUT2D eigenvalue weighted by Gasteiger charge is -1.84. The van der Waals surface area contributed by atoms with Crippen LogP contribution in [0.4, 0.5) is 0 Å². The average Bonchev–Trinajstić information content (AvgIpc) is 1.65. The van der Waals surface area contributed by atoms with E-state index in [1.807, 2.05) is 13.8 Å². The first-order valence-electron chi connectivity index (χ1n) is 2.65. The second-order valence-corrected chi connectivity index (χ2v) is 1.81. The van der Waals surface area contributed by atoms with Crippen LogP contribution in [0, 0.1) is 0 Å². The van der Waals surface area contributed by atoms with E-state index in [-0.39, 0.29) is 0 Å². The molecule has 4 N–H and O–H groups in total. The summed E-state index contributed by atoms with van der Waals surface area (Å²) in [4.78, 5) is 0. The zero-order valence-corrected chi connectivity index (χ0v) is 6.03. The fourth-order valence-electron chi connectivity index (χ4n) is 0. The van der Waals surface area contributed by atoms with Crippen LogP contribution in [-0.4, -0.2) is 30.5 Å². The molecule has 0 spiro atoms. The zero-order valence-electron chi connectivity index (χ0n) is 6.03. The molecule has 0 aromatic heterocycles. The van der Waals surface area contributed by atoms with Crippen LogP contribution in [0.2, 0.25) is 0 Å². The molecule has 0 heterocycles. The summed E-state index contributed by atoms with van der Waals surface area (Å²) >= 11 is 0. The Labute approximate surface area is 55.8 Å². The Morgan fingerprint density at radius 2 is 1.56 bits per heavy atom. The van der Waals surface area contributed by atoms with Gasteiger partial charge in [0.15, 0.2) is 0 Å². The summed E-state index contributed by atoms with van der Waals surface area (Å²) in [5.74, 6) is 0. The summed E-state index contributed by atoms with van der Waals surface area (Å²) in [5.41, 5.74) is 5.11. The van der Waals surface area contributed by atoms with Gasteiger partial charge in [-0.15, -0.1) is 0 Å². The molecule has 0 bridgehead atoms. The highest BCUT2D eigenvalue weighted by Crippen LogP contribution is 1.59. The average molecular weight is 135 g/mol. The normalized spacial score (nSPS) is 8.33. The molecule has 56 valence electrons. The molecule has 0 aliphatic heterocycles. The molecule has 0 saturated carbocycles. The van der Waals surface area contributed by atoms with Crippen LogP contribution < -0.4 is 5.73 Å². The minimum atomic E-state index is -1.62. The molecule has 0 rings (SSSR count). The summed E-state index contributed by atoms with van der Waals surface area (Å²) in [6, 6.07) is 0.333. The molecule has 0 radical (unpaired) electrons. The van der Waals surface area contributed by atoms with Crippen LogP contribution in [0.5, 0.6) is 0 Å². The maximum absolute atomic E-state index is 7.69. The van der Waals surface area contributed by atoms with Gasteiger partial charge in [0.25, 0.3) is 0 Å². The standard InChI is InChI=1S/C3H9N.CH5BO3/c1-3(2)4;1-5-2(3)4/h3H,4H2,1-2H3;3-4H,1H3. The van der Waals surface area contributed by atoms with Crippen molar-refractivity contribution in [3.05, 3.63) is 0 Å². The summed E-state index contributed by atoms with van der Waals surface area (Å²) < 4.78 is 3.86. The SMILES string of the molecule is CC(C)N.COB(O)O. The van der Waals surface area contributed by atoms with Crippen molar-refractivity contribution in [3.63, 3.8) is 0 Å². The minimum absolute atomic E-state index is 0.333. The van der Waals surface area contributed by atoms with E-state index in [9.17, 15) is 0 Å². The first kappa shape index (κ1) is 11.7. The lowest BCUT2D eigenvalue weighted by Crippen LogP contribution is -2.12. The van der Waals surface area contributed by atoms with Crippen molar-refractivity contribution in [1.29, 1.82) is 0 Å². The third kappa shape index (κ3) is 76.0. The molecule has 0 aliphatic rings. The van der Waals surface area contributed by atoms with E-state index in [1.165, 1.54) is 7.11 Å². The molecular weight excluding hydrogens is 121 g/mol. The fraction of sp³-hybridized carbons (Fsp3) is 1.00. The van der Waals surface area contributed by atoms with E-state index in [0.717, 1.165) is 0 Å². The van der Waals surface area contributed by atoms with Crippen LogP contribution in [0.1, 0.15) is 13.8 Å². The van der Waals surface area contributed by atoms with Crippen molar-refractivity contribution in [2.45, 2.75) is 19.9 Å². The number of rotatable bonds is 1. The van der Waals surface area contributed by atoms with Crippen molar-refractivity contribution in [2.24, 2.45) is 5.73 Å². The summed E-state index contributed by atoms with van der Waals surface area (Å²) in [5, 5.41) is 15.4. The highest BCUT2D eigenvalue weighted by Gasteiger charge is 2.00. The molecular formula is C4H14BNO3. The minimum Gasteiger partial charge on any atom is -0.402 e. The summed E-state index contributed by atoms with van der Waals surface area (Å²) in [6.07, 6.45) is 0. The second kappa shape index (κ2) is 7.90. The van der Waals surface area contributed by atoms with Gasteiger partial charge in [0.05, 0.1) is 0 Å². The van der Waals surface area contributed by atoms with Crippen molar-refractivity contribution >= 4 is 7.32 Å². The van der Waals surface area contributed by atoms with Crippen molar-refractivity contribution in [1.82, 2.24) is 0 Å². The molecule has 0 unspecified atom stereocenters. The summed E-state index contributed by atoms with van der Waals surface area (Å²) in [7, 11) is -0.417. The van der Waals surface area contributed by atoms with Crippen LogP contribution in [0.15, 0.2) is 0 Å². The molecule has 4 nitrogen and oxygen atoms in total. The Kier molecular flexibility index (Phi) is 10.3. The Balaban J connectivity index is 0. The Morgan fingerprint density at radius 3 is 1.56 bits per heavy atom. The quantitative estimate of drug-likeness (QED) is 0.401. The molecule has 0 amide bonds. The smallest absolute Gasteiger partial charge is 0.402 e. The lowest BCUT2D eigenvalue weighted by molar-refractivity contribution is 0.229. The van der Waals surface area contributed by atoms with Gasteiger partial charge in [0.1, 0.15) is 0 Å². The first-order chi connectivity index (χ1) is 4.00. The third-order valence-electron chi connectivity index (χ3n) is 0.211. The molecule has 0 aliphatic carbocycles. The number of hydrogen-bond acceptors (Lipinski definition) is 4. The first-order valence-corrected chi connectivity index (χ1v) is 2.65. The predicted octanol–water partition coefficient (Wildman–Crippen LogP) is -1.04.